The van der Waals surface area contributed by atoms with Crippen LogP contribution in [-0.2, 0) is 9.53 Å². The third-order valence-corrected chi connectivity index (χ3v) is 4.94. The van der Waals surface area contributed by atoms with Gasteiger partial charge in [-0.1, -0.05) is 6.07 Å². The van der Waals surface area contributed by atoms with Crippen molar-refractivity contribution in [1.82, 2.24) is 10.3 Å². The first kappa shape index (κ1) is 15.6. The zero-order valence-corrected chi connectivity index (χ0v) is 13.1. The van der Waals surface area contributed by atoms with Gasteiger partial charge < -0.3 is 15.2 Å². The topological polar surface area (TPSA) is 88.5 Å². The Morgan fingerprint density at radius 3 is 2.86 bits per heavy atom. The zero-order valence-electron chi connectivity index (χ0n) is 11.5. The molecule has 2 aromatic rings. The molecule has 2 N–H and O–H groups in total. The van der Waals surface area contributed by atoms with Gasteiger partial charge in [-0.3, -0.25) is 4.79 Å². The fourth-order valence-corrected chi connectivity index (χ4v) is 3.43. The molecule has 0 spiro atoms. The highest BCUT2D eigenvalue weighted by Crippen LogP contribution is 2.30. The predicted octanol–water partition coefficient (Wildman–Crippen LogP) is 2.01. The first-order valence-corrected chi connectivity index (χ1v) is 7.77. The average Bonchev–Trinajstić information content (AvgIpc) is 3.07. The summed E-state index contributed by atoms with van der Waals surface area (Å²) in [6, 6.07) is 3.86. The summed E-state index contributed by atoms with van der Waals surface area (Å²) in [4.78, 5) is 28.8. The molecule has 0 saturated carbocycles. The smallest absolute Gasteiger partial charge is 0.334 e. The summed E-state index contributed by atoms with van der Waals surface area (Å²) >= 11 is 2.85. The molecule has 0 fully saturated rings. The summed E-state index contributed by atoms with van der Waals surface area (Å²) in [7, 11) is 1.29. The number of nitrogens with zero attached hydrogens (tertiary/aromatic N) is 1. The van der Waals surface area contributed by atoms with Crippen LogP contribution >= 0.6 is 22.7 Å². The number of amides is 1. The second-order valence-electron chi connectivity index (χ2n) is 4.18. The van der Waals surface area contributed by atoms with E-state index in [0.29, 0.717) is 10.6 Å². The van der Waals surface area contributed by atoms with Gasteiger partial charge in [0.15, 0.2) is 6.10 Å². The van der Waals surface area contributed by atoms with Crippen molar-refractivity contribution in [2.24, 2.45) is 0 Å². The lowest BCUT2D eigenvalue weighted by Gasteiger charge is -2.10. The number of hydrogen-bond acceptors (Lipinski definition) is 6. The number of ether oxygens (including phenoxy) is 1. The van der Waals surface area contributed by atoms with Crippen LogP contribution in [0.3, 0.4) is 0 Å². The number of methoxy groups -OCH3 is 1. The molecule has 0 saturated heterocycles. The number of carboxylic acids is 1. The number of carboxylic acid groups (broad SMARTS) is 1. The van der Waals surface area contributed by atoms with E-state index in [-0.39, 0.29) is 12.5 Å². The summed E-state index contributed by atoms with van der Waals surface area (Å²) in [5.74, 6) is -1.45. The summed E-state index contributed by atoms with van der Waals surface area (Å²) in [5, 5.41) is 14.1. The summed E-state index contributed by atoms with van der Waals surface area (Å²) in [6.07, 6.45) is -1.06. The highest BCUT2D eigenvalue weighted by atomic mass is 32.1. The van der Waals surface area contributed by atoms with Gasteiger partial charge in [0, 0.05) is 7.11 Å². The number of carbonyl (C=O) groups excluding carboxylic acids is 1. The maximum atomic E-state index is 12.1. The average molecular weight is 326 g/mol. The molecule has 1 unspecified atom stereocenters. The van der Waals surface area contributed by atoms with Gasteiger partial charge in [-0.2, -0.15) is 0 Å². The van der Waals surface area contributed by atoms with Crippen molar-refractivity contribution >= 4 is 34.6 Å². The highest BCUT2D eigenvalue weighted by molar-refractivity contribution is 7.22. The predicted molar refractivity (Wildman–Crippen MR) is 80.9 cm³/mol. The minimum Gasteiger partial charge on any atom is -0.479 e. The number of aliphatic carboxylic acids is 1. The lowest BCUT2D eigenvalue weighted by Crippen LogP contribution is -2.37. The van der Waals surface area contributed by atoms with E-state index in [1.807, 2.05) is 17.5 Å². The number of nitrogens with one attached hydrogen (secondary N) is 1. The van der Waals surface area contributed by atoms with Crippen molar-refractivity contribution in [3.05, 3.63) is 28.1 Å². The lowest BCUT2D eigenvalue weighted by atomic mass is 10.3. The van der Waals surface area contributed by atoms with Crippen LogP contribution in [0.25, 0.3) is 9.88 Å². The molecule has 8 heteroatoms. The molecule has 2 heterocycles. The third-order valence-electron chi connectivity index (χ3n) is 2.74. The van der Waals surface area contributed by atoms with Crippen LogP contribution in [-0.4, -0.2) is 41.7 Å². The summed E-state index contributed by atoms with van der Waals surface area (Å²) in [6.45, 7) is 1.67. The number of carbonyl (C=O) groups is 2. The van der Waals surface area contributed by atoms with Crippen LogP contribution < -0.4 is 5.32 Å². The van der Waals surface area contributed by atoms with E-state index < -0.39 is 12.1 Å². The molecule has 21 heavy (non-hydrogen) atoms. The van der Waals surface area contributed by atoms with Crippen LogP contribution in [0.4, 0.5) is 0 Å². The number of aromatic nitrogens is 1. The first-order valence-electron chi connectivity index (χ1n) is 6.08. The Balaban J connectivity index is 2.08. The van der Waals surface area contributed by atoms with E-state index in [4.69, 9.17) is 9.84 Å². The standard InChI is InChI=1S/C13H14N2O4S2/c1-7-10(11(16)14-6-8(19-2)13(17)18)21-12(15-7)9-4-3-5-20-9/h3-5,8H,6H2,1-2H3,(H,14,16)(H,17,18). The Kier molecular flexibility index (Phi) is 5.05. The van der Waals surface area contributed by atoms with E-state index in [0.717, 1.165) is 9.88 Å². The molecule has 1 amide bonds. The Bertz CT molecular complexity index is 637. The van der Waals surface area contributed by atoms with Crippen molar-refractivity contribution in [2.45, 2.75) is 13.0 Å². The van der Waals surface area contributed by atoms with E-state index in [2.05, 4.69) is 10.3 Å². The monoisotopic (exact) mass is 326 g/mol. The second-order valence-corrected chi connectivity index (χ2v) is 6.13. The van der Waals surface area contributed by atoms with Crippen molar-refractivity contribution in [2.75, 3.05) is 13.7 Å². The molecule has 112 valence electrons. The maximum absolute atomic E-state index is 12.1. The molecule has 0 aliphatic rings. The lowest BCUT2D eigenvalue weighted by molar-refractivity contribution is -0.147. The minimum absolute atomic E-state index is 0.0870. The van der Waals surface area contributed by atoms with Gasteiger partial charge in [0.05, 0.1) is 17.1 Å². The molecular weight excluding hydrogens is 312 g/mol. The fourth-order valence-electron chi connectivity index (χ4n) is 1.65. The van der Waals surface area contributed by atoms with Gasteiger partial charge in [0.2, 0.25) is 0 Å². The van der Waals surface area contributed by atoms with Gasteiger partial charge in [0.1, 0.15) is 9.88 Å². The number of aryl methyl sites for hydroxylation is 1. The Morgan fingerprint density at radius 2 is 2.29 bits per heavy atom. The van der Waals surface area contributed by atoms with Crippen molar-refractivity contribution in [3.8, 4) is 9.88 Å². The molecule has 0 bridgehead atoms. The SMILES string of the molecule is COC(CNC(=O)c1sc(-c2cccs2)nc1C)C(=O)O. The quantitative estimate of drug-likeness (QED) is 0.848. The molecule has 2 aromatic heterocycles. The molecule has 6 nitrogen and oxygen atoms in total. The molecule has 0 aliphatic carbocycles. The molecule has 1 atom stereocenters. The zero-order chi connectivity index (χ0) is 15.4. The Labute approximate surface area is 129 Å². The molecule has 0 radical (unpaired) electrons. The minimum atomic E-state index is -1.11. The largest absolute Gasteiger partial charge is 0.479 e. The van der Waals surface area contributed by atoms with Crippen molar-refractivity contribution < 1.29 is 19.4 Å². The van der Waals surface area contributed by atoms with Crippen molar-refractivity contribution in [3.63, 3.8) is 0 Å². The van der Waals surface area contributed by atoms with Crippen LogP contribution in [0.2, 0.25) is 0 Å². The number of hydrogen-bond donors (Lipinski definition) is 2. The van der Waals surface area contributed by atoms with Gasteiger partial charge in [-0.05, 0) is 18.4 Å². The summed E-state index contributed by atoms with van der Waals surface area (Å²) < 4.78 is 4.77. The van der Waals surface area contributed by atoms with Crippen LogP contribution in [0.1, 0.15) is 15.4 Å². The van der Waals surface area contributed by atoms with Gasteiger partial charge in [-0.15, -0.1) is 22.7 Å². The van der Waals surface area contributed by atoms with Crippen LogP contribution in [0.5, 0.6) is 0 Å². The summed E-state index contributed by atoms with van der Waals surface area (Å²) in [5.41, 5.74) is 0.630. The molecule has 0 aliphatic heterocycles. The van der Waals surface area contributed by atoms with E-state index in [9.17, 15) is 9.59 Å². The number of thiazole rings is 1. The van der Waals surface area contributed by atoms with Crippen LogP contribution in [0.15, 0.2) is 17.5 Å². The van der Waals surface area contributed by atoms with Gasteiger partial charge in [0.25, 0.3) is 5.91 Å². The first-order chi connectivity index (χ1) is 10.0. The van der Waals surface area contributed by atoms with E-state index in [1.165, 1.54) is 18.4 Å². The molecular formula is C13H14N2O4S2. The molecule has 2 rings (SSSR count). The van der Waals surface area contributed by atoms with E-state index >= 15 is 0 Å². The van der Waals surface area contributed by atoms with Crippen molar-refractivity contribution in [1.29, 1.82) is 0 Å². The Hall–Kier alpha value is -1.77. The number of rotatable bonds is 6. The van der Waals surface area contributed by atoms with Gasteiger partial charge >= 0.3 is 5.97 Å². The number of thiophene rings is 1. The fraction of sp³-hybridized carbons (Fsp3) is 0.308. The van der Waals surface area contributed by atoms with E-state index in [1.54, 1.807) is 18.3 Å². The molecule has 0 aromatic carbocycles. The highest BCUT2D eigenvalue weighted by Gasteiger charge is 2.20. The second kappa shape index (κ2) is 6.79. The Morgan fingerprint density at radius 1 is 1.52 bits per heavy atom. The van der Waals surface area contributed by atoms with Gasteiger partial charge in [-0.25, -0.2) is 9.78 Å². The van der Waals surface area contributed by atoms with Crippen LogP contribution in [0, 0.1) is 6.92 Å². The normalized spacial score (nSPS) is 12.1. The maximum Gasteiger partial charge on any atom is 0.334 e. The third kappa shape index (κ3) is 3.66.